The Morgan fingerprint density at radius 1 is 1.28 bits per heavy atom. The quantitative estimate of drug-likeness (QED) is 0.690. The second-order valence-corrected chi connectivity index (χ2v) is 5.85. The fraction of sp³-hybridized carbons (Fsp3) is 0.867. The first-order valence-electron chi connectivity index (χ1n) is 6.75. The van der Waals surface area contributed by atoms with Gasteiger partial charge in [0.15, 0.2) is 0 Å². The van der Waals surface area contributed by atoms with E-state index in [9.17, 15) is 10.2 Å². The van der Waals surface area contributed by atoms with Gasteiger partial charge in [-0.3, -0.25) is 0 Å². The lowest BCUT2D eigenvalue weighted by Gasteiger charge is -2.38. The van der Waals surface area contributed by atoms with Crippen LogP contribution in [-0.4, -0.2) is 35.6 Å². The average molecular weight is 258 g/mol. The normalized spacial score (nSPS) is 20.4. The summed E-state index contributed by atoms with van der Waals surface area (Å²) in [7, 11) is 1.63. The molecule has 0 radical (unpaired) electrons. The van der Waals surface area contributed by atoms with Crippen molar-refractivity contribution in [2.24, 2.45) is 11.3 Å². The highest BCUT2D eigenvalue weighted by molar-refractivity contribution is 5.09. The fourth-order valence-corrected chi connectivity index (χ4v) is 1.94. The van der Waals surface area contributed by atoms with E-state index < -0.39 is 12.2 Å². The van der Waals surface area contributed by atoms with Crippen LogP contribution in [0.5, 0.6) is 0 Å². The van der Waals surface area contributed by atoms with Gasteiger partial charge >= 0.3 is 0 Å². The largest absolute Gasteiger partial charge is 0.390 e. The van der Waals surface area contributed by atoms with E-state index in [4.69, 9.17) is 4.74 Å². The second-order valence-electron chi connectivity index (χ2n) is 5.85. The summed E-state index contributed by atoms with van der Waals surface area (Å²) in [4.78, 5) is 0. The van der Waals surface area contributed by atoms with Gasteiger partial charge in [0.2, 0.25) is 0 Å². The third-order valence-corrected chi connectivity index (χ3v) is 4.40. The van der Waals surface area contributed by atoms with E-state index in [0.29, 0.717) is 5.92 Å². The summed E-state index contributed by atoms with van der Waals surface area (Å²) in [5, 5.41) is 20.4. The van der Waals surface area contributed by atoms with Crippen LogP contribution < -0.4 is 0 Å². The average Bonchev–Trinajstić information content (AvgIpc) is 2.34. The minimum Gasteiger partial charge on any atom is -0.390 e. The zero-order valence-corrected chi connectivity index (χ0v) is 12.9. The topological polar surface area (TPSA) is 49.7 Å². The van der Waals surface area contributed by atoms with Crippen molar-refractivity contribution >= 4 is 0 Å². The maximum absolute atomic E-state index is 10.3. The molecule has 3 heteroatoms. The molecular formula is C15H30O3. The van der Waals surface area contributed by atoms with Crippen LogP contribution in [0.15, 0.2) is 11.6 Å². The molecule has 0 aliphatic heterocycles. The summed E-state index contributed by atoms with van der Waals surface area (Å²) in [6.07, 6.45) is 1.01. The van der Waals surface area contributed by atoms with Crippen molar-refractivity contribution in [2.45, 2.75) is 66.3 Å². The molecule has 0 aromatic rings. The van der Waals surface area contributed by atoms with Gasteiger partial charge in [0, 0.05) is 7.11 Å². The van der Waals surface area contributed by atoms with Gasteiger partial charge in [-0.25, -0.2) is 0 Å². The van der Waals surface area contributed by atoms with Crippen molar-refractivity contribution in [3.63, 3.8) is 0 Å². The molecule has 0 amide bonds. The molecule has 18 heavy (non-hydrogen) atoms. The number of ether oxygens (including phenoxy) is 1. The molecule has 0 rings (SSSR count). The first-order valence-corrected chi connectivity index (χ1v) is 6.75. The monoisotopic (exact) mass is 258 g/mol. The lowest BCUT2D eigenvalue weighted by molar-refractivity contribution is -0.0553. The molecule has 0 aliphatic carbocycles. The summed E-state index contributed by atoms with van der Waals surface area (Å²) in [6.45, 7) is 12.0. The first-order chi connectivity index (χ1) is 8.18. The van der Waals surface area contributed by atoms with E-state index in [1.807, 2.05) is 27.7 Å². The van der Waals surface area contributed by atoms with Crippen LogP contribution in [0.25, 0.3) is 0 Å². The van der Waals surface area contributed by atoms with Crippen LogP contribution >= 0.6 is 0 Å². The van der Waals surface area contributed by atoms with Crippen LogP contribution in [0.3, 0.4) is 0 Å². The Balaban J connectivity index is 4.84. The van der Waals surface area contributed by atoms with E-state index in [1.165, 1.54) is 0 Å². The maximum atomic E-state index is 10.3. The predicted octanol–water partition coefficient (Wildman–Crippen LogP) is 2.76. The van der Waals surface area contributed by atoms with Crippen molar-refractivity contribution in [1.29, 1.82) is 0 Å². The van der Waals surface area contributed by atoms with Crippen molar-refractivity contribution in [2.75, 3.05) is 7.11 Å². The zero-order valence-electron chi connectivity index (χ0n) is 12.9. The standard InChI is InChI=1S/C15H30O3/c1-8-11(3)15(5,6)14(17)13(16)9-10(2)12(4)18-7/h9,11-14,16-17H,8H2,1-7H3/b10-9+/t11-,12-,13-,14-/m0/s1. The lowest BCUT2D eigenvalue weighted by atomic mass is 9.72. The Morgan fingerprint density at radius 3 is 2.17 bits per heavy atom. The molecule has 0 saturated carbocycles. The van der Waals surface area contributed by atoms with Crippen molar-refractivity contribution in [3.05, 3.63) is 11.6 Å². The third-order valence-electron chi connectivity index (χ3n) is 4.40. The number of rotatable bonds is 7. The molecule has 3 nitrogen and oxygen atoms in total. The minimum atomic E-state index is -0.855. The Bertz CT molecular complexity index is 271. The van der Waals surface area contributed by atoms with Crippen LogP contribution in [0.1, 0.15) is 48.0 Å². The predicted molar refractivity (Wildman–Crippen MR) is 75.5 cm³/mol. The number of aliphatic hydroxyl groups excluding tert-OH is 2. The number of aliphatic hydroxyl groups is 2. The highest BCUT2D eigenvalue weighted by Crippen LogP contribution is 2.34. The molecule has 2 N–H and O–H groups in total. The third kappa shape index (κ3) is 4.38. The van der Waals surface area contributed by atoms with Crippen molar-refractivity contribution < 1.29 is 14.9 Å². The smallest absolute Gasteiger partial charge is 0.0988 e. The molecule has 0 saturated heterocycles. The Kier molecular flexibility index (Phi) is 7.11. The molecule has 0 fully saturated rings. The molecule has 0 heterocycles. The van der Waals surface area contributed by atoms with Crippen LogP contribution in [0, 0.1) is 11.3 Å². The van der Waals surface area contributed by atoms with E-state index >= 15 is 0 Å². The second kappa shape index (κ2) is 7.27. The fourth-order valence-electron chi connectivity index (χ4n) is 1.94. The summed E-state index contributed by atoms with van der Waals surface area (Å²) in [6, 6.07) is 0. The maximum Gasteiger partial charge on any atom is 0.0988 e. The highest BCUT2D eigenvalue weighted by Gasteiger charge is 2.36. The zero-order chi connectivity index (χ0) is 14.5. The van der Waals surface area contributed by atoms with Gasteiger partial charge in [-0.15, -0.1) is 0 Å². The van der Waals surface area contributed by atoms with Gasteiger partial charge in [-0.2, -0.15) is 0 Å². The molecule has 0 unspecified atom stereocenters. The Hall–Kier alpha value is -0.380. The van der Waals surface area contributed by atoms with Gasteiger partial charge in [0.1, 0.15) is 0 Å². The van der Waals surface area contributed by atoms with E-state index in [1.54, 1.807) is 13.2 Å². The summed E-state index contributed by atoms with van der Waals surface area (Å²) in [5.74, 6) is 0.343. The van der Waals surface area contributed by atoms with Gasteiger partial charge in [-0.05, 0) is 30.8 Å². The van der Waals surface area contributed by atoms with Crippen LogP contribution in [0.2, 0.25) is 0 Å². The SMILES string of the molecule is CC[C@H](C)C(C)(C)[C@@H](O)[C@@H](O)/C=C(\C)[C@H](C)OC. The van der Waals surface area contributed by atoms with Gasteiger partial charge in [0.25, 0.3) is 0 Å². The van der Waals surface area contributed by atoms with Crippen LogP contribution in [-0.2, 0) is 4.74 Å². The van der Waals surface area contributed by atoms with Crippen molar-refractivity contribution in [3.8, 4) is 0 Å². The molecule has 0 aromatic heterocycles. The molecule has 0 bridgehead atoms. The van der Waals surface area contributed by atoms with Crippen molar-refractivity contribution in [1.82, 2.24) is 0 Å². The first kappa shape index (κ1) is 17.6. The van der Waals surface area contributed by atoms with E-state index in [-0.39, 0.29) is 11.5 Å². The number of hydrogen-bond acceptors (Lipinski definition) is 3. The Morgan fingerprint density at radius 2 is 1.78 bits per heavy atom. The van der Waals surface area contributed by atoms with Gasteiger partial charge in [-0.1, -0.05) is 40.2 Å². The molecule has 108 valence electrons. The van der Waals surface area contributed by atoms with E-state index in [0.717, 1.165) is 12.0 Å². The number of methoxy groups -OCH3 is 1. The minimum absolute atomic E-state index is 0.0430. The lowest BCUT2D eigenvalue weighted by Crippen LogP contribution is -2.42. The summed E-state index contributed by atoms with van der Waals surface area (Å²) in [5.41, 5.74) is 0.616. The number of hydrogen-bond donors (Lipinski definition) is 2. The summed E-state index contributed by atoms with van der Waals surface area (Å²) < 4.78 is 5.19. The van der Waals surface area contributed by atoms with Gasteiger partial charge in [0.05, 0.1) is 18.3 Å². The molecular weight excluding hydrogens is 228 g/mol. The van der Waals surface area contributed by atoms with Gasteiger partial charge < -0.3 is 14.9 Å². The molecule has 0 aliphatic rings. The highest BCUT2D eigenvalue weighted by atomic mass is 16.5. The molecule has 0 spiro atoms. The van der Waals surface area contributed by atoms with E-state index in [2.05, 4.69) is 13.8 Å². The summed E-state index contributed by atoms with van der Waals surface area (Å²) >= 11 is 0. The van der Waals surface area contributed by atoms with Crippen LogP contribution in [0.4, 0.5) is 0 Å². The Labute approximate surface area is 112 Å². The molecule has 4 atom stereocenters. The molecule has 0 aromatic carbocycles.